The lowest BCUT2D eigenvalue weighted by molar-refractivity contribution is 0.0620. The number of nitrogens with zero attached hydrogens (tertiary/aromatic N) is 2. The summed E-state index contributed by atoms with van der Waals surface area (Å²) in [6.45, 7) is 6.43. The zero-order chi connectivity index (χ0) is 14.5. The van der Waals surface area contributed by atoms with Gasteiger partial charge in [0.15, 0.2) is 0 Å². The maximum Gasteiger partial charge on any atom is 0.255 e. The Morgan fingerprint density at radius 1 is 1.47 bits per heavy atom. The second-order valence-electron chi connectivity index (χ2n) is 5.00. The number of aromatic nitrogens is 1. The highest BCUT2D eigenvalue weighted by molar-refractivity contribution is 5.94. The summed E-state index contributed by atoms with van der Waals surface area (Å²) in [4.78, 5) is 18.2. The number of hydrogen-bond acceptors (Lipinski definition) is 3. The van der Waals surface area contributed by atoms with Gasteiger partial charge in [-0.1, -0.05) is 18.8 Å². The molecule has 0 saturated carbocycles. The van der Waals surface area contributed by atoms with Crippen molar-refractivity contribution in [2.45, 2.75) is 32.7 Å². The van der Waals surface area contributed by atoms with Crippen molar-refractivity contribution in [3.63, 3.8) is 0 Å². The molecule has 4 heteroatoms. The van der Waals surface area contributed by atoms with Crippen LogP contribution in [-0.4, -0.2) is 34.9 Å². The van der Waals surface area contributed by atoms with Crippen LogP contribution in [-0.2, 0) is 0 Å². The second kappa shape index (κ2) is 6.35. The summed E-state index contributed by atoms with van der Waals surface area (Å²) in [5.41, 5.74) is 6.40. The Kier molecular flexibility index (Phi) is 5.08. The molecule has 1 heterocycles. The Bertz CT molecular complexity index is 512. The van der Waals surface area contributed by atoms with Gasteiger partial charge < -0.3 is 10.6 Å². The molecule has 0 fully saturated rings. The predicted octanol–water partition coefficient (Wildman–Crippen LogP) is 1.65. The summed E-state index contributed by atoms with van der Waals surface area (Å²) in [6.07, 6.45) is 4.08. The molecule has 0 aliphatic heterocycles. The van der Waals surface area contributed by atoms with Gasteiger partial charge >= 0.3 is 0 Å². The van der Waals surface area contributed by atoms with Crippen LogP contribution in [0.1, 0.15) is 43.1 Å². The number of carbonyl (C=O) groups is 1. The van der Waals surface area contributed by atoms with Crippen molar-refractivity contribution >= 4 is 5.91 Å². The van der Waals surface area contributed by atoms with Crippen molar-refractivity contribution in [1.29, 1.82) is 0 Å². The molecule has 2 N–H and O–H groups in total. The summed E-state index contributed by atoms with van der Waals surface area (Å²) in [7, 11) is 1.81. The van der Waals surface area contributed by atoms with Crippen molar-refractivity contribution < 1.29 is 4.79 Å². The zero-order valence-corrected chi connectivity index (χ0v) is 12.0. The van der Waals surface area contributed by atoms with Crippen LogP contribution in [0.2, 0.25) is 0 Å². The minimum atomic E-state index is -0.184. The summed E-state index contributed by atoms with van der Waals surface area (Å²) in [6, 6.07) is 1.75. The fourth-order valence-corrected chi connectivity index (χ4v) is 1.48. The maximum absolute atomic E-state index is 12.4. The van der Waals surface area contributed by atoms with Gasteiger partial charge in [0.1, 0.15) is 0 Å². The fourth-order valence-electron chi connectivity index (χ4n) is 1.48. The molecular formula is C15H21N3O. The van der Waals surface area contributed by atoms with Crippen LogP contribution in [0.4, 0.5) is 0 Å². The molecule has 0 aliphatic carbocycles. The average Bonchev–Trinajstić information content (AvgIpc) is 2.43. The Hall–Kier alpha value is -1.86. The summed E-state index contributed by atoms with van der Waals surface area (Å²) < 4.78 is 0. The maximum atomic E-state index is 12.4. The molecule has 0 aliphatic rings. The van der Waals surface area contributed by atoms with Crippen molar-refractivity contribution in [2.24, 2.45) is 5.73 Å². The molecule has 1 rings (SSSR count). The third kappa shape index (κ3) is 3.80. The fraction of sp³-hybridized carbons (Fsp3) is 0.467. The molecule has 0 spiro atoms. The summed E-state index contributed by atoms with van der Waals surface area (Å²) >= 11 is 0. The van der Waals surface area contributed by atoms with Crippen molar-refractivity contribution in [3.8, 4) is 11.8 Å². The number of carbonyl (C=O) groups excluding carboxylic acids is 1. The quantitative estimate of drug-likeness (QED) is 0.840. The first-order valence-electron chi connectivity index (χ1n) is 6.34. The Balaban J connectivity index is 3.00. The highest BCUT2D eigenvalue weighted by atomic mass is 16.2. The minimum Gasteiger partial charge on any atom is -0.337 e. The highest BCUT2D eigenvalue weighted by Crippen LogP contribution is 2.19. The lowest BCUT2D eigenvalue weighted by Gasteiger charge is -2.34. The van der Waals surface area contributed by atoms with Crippen molar-refractivity contribution in [1.82, 2.24) is 9.88 Å². The number of rotatable bonds is 3. The van der Waals surface area contributed by atoms with E-state index in [4.69, 9.17) is 5.73 Å². The number of pyridine rings is 1. The van der Waals surface area contributed by atoms with E-state index in [2.05, 4.69) is 23.7 Å². The van der Waals surface area contributed by atoms with Gasteiger partial charge in [0.2, 0.25) is 0 Å². The van der Waals surface area contributed by atoms with Gasteiger partial charge in [-0.2, -0.15) is 0 Å². The smallest absolute Gasteiger partial charge is 0.255 e. The zero-order valence-electron chi connectivity index (χ0n) is 12.0. The molecule has 0 radical (unpaired) electrons. The first kappa shape index (κ1) is 15.2. The lowest BCUT2D eigenvalue weighted by Crippen LogP contribution is -2.44. The van der Waals surface area contributed by atoms with Crippen LogP contribution in [0.25, 0.3) is 0 Å². The first-order valence-corrected chi connectivity index (χ1v) is 6.34. The topological polar surface area (TPSA) is 59.2 Å². The van der Waals surface area contributed by atoms with Crippen molar-refractivity contribution in [2.75, 3.05) is 13.6 Å². The van der Waals surface area contributed by atoms with Gasteiger partial charge in [0.05, 0.1) is 12.1 Å². The monoisotopic (exact) mass is 259 g/mol. The van der Waals surface area contributed by atoms with Crippen LogP contribution in [0.3, 0.4) is 0 Å². The van der Waals surface area contributed by atoms with E-state index in [-0.39, 0.29) is 11.4 Å². The average molecular weight is 259 g/mol. The normalized spacial score (nSPS) is 10.6. The van der Waals surface area contributed by atoms with Crippen molar-refractivity contribution in [3.05, 3.63) is 29.6 Å². The van der Waals surface area contributed by atoms with E-state index in [1.165, 1.54) is 0 Å². The van der Waals surface area contributed by atoms with E-state index in [1.807, 2.05) is 20.9 Å². The van der Waals surface area contributed by atoms with E-state index in [0.29, 0.717) is 17.7 Å². The molecule has 1 amide bonds. The van der Waals surface area contributed by atoms with Crippen LogP contribution in [0, 0.1) is 11.8 Å². The van der Waals surface area contributed by atoms with Gasteiger partial charge in [-0.25, -0.2) is 0 Å². The van der Waals surface area contributed by atoms with Gasteiger partial charge in [-0.15, -0.1) is 0 Å². The molecule has 0 bridgehead atoms. The van der Waals surface area contributed by atoms with E-state index < -0.39 is 0 Å². The van der Waals surface area contributed by atoms with Gasteiger partial charge in [-0.05, 0) is 26.3 Å². The second-order valence-corrected chi connectivity index (χ2v) is 5.00. The van der Waals surface area contributed by atoms with Crippen LogP contribution in [0.15, 0.2) is 18.5 Å². The van der Waals surface area contributed by atoms with Gasteiger partial charge in [0, 0.05) is 30.5 Å². The molecule has 0 saturated heterocycles. The Morgan fingerprint density at radius 2 is 2.16 bits per heavy atom. The van der Waals surface area contributed by atoms with Crippen LogP contribution >= 0.6 is 0 Å². The van der Waals surface area contributed by atoms with Gasteiger partial charge in [0.25, 0.3) is 5.91 Å². The molecule has 4 nitrogen and oxygen atoms in total. The van der Waals surface area contributed by atoms with E-state index in [9.17, 15) is 4.79 Å². The summed E-state index contributed by atoms with van der Waals surface area (Å²) in [5, 5.41) is 0. The third-order valence-electron chi connectivity index (χ3n) is 3.40. The SMILES string of the molecule is CCC(C)(C)N(C)C(=O)c1cncc(C#CCN)c1. The molecular weight excluding hydrogens is 238 g/mol. The van der Waals surface area contributed by atoms with E-state index in [0.717, 1.165) is 6.42 Å². The number of amides is 1. The standard InChI is InChI=1S/C15H21N3O/c1-5-15(2,3)18(4)14(19)13-9-12(7-6-8-16)10-17-11-13/h9-11H,5,8,16H2,1-4H3. The highest BCUT2D eigenvalue weighted by Gasteiger charge is 2.26. The number of nitrogens with two attached hydrogens (primary N) is 1. The van der Waals surface area contributed by atoms with Crippen LogP contribution in [0.5, 0.6) is 0 Å². The molecule has 19 heavy (non-hydrogen) atoms. The van der Waals surface area contributed by atoms with Crippen LogP contribution < -0.4 is 5.73 Å². The Labute approximate surface area is 115 Å². The predicted molar refractivity (Wildman–Crippen MR) is 76.6 cm³/mol. The molecule has 0 unspecified atom stereocenters. The first-order chi connectivity index (χ1) is 8.92. The minimum absolute atomic E-state index is 0.0456. The largest absolute Gasteiger partial charge is 0.337 e. The summed E-state index contributed by atoms with van der Waals surface area (Å²) in [5.74, 6) is 5.59. The van der Waals surface area contributed by atoms with E-state index >= 15 is 0 Å². The number of hydrogen-bond donors (Lipinski definition) is 1. The third-order valence-corrected chi connectivity index (χ3v) is 3.40. The molecule has 102 valence electrons. The molecule has 1 aromatic rings. The van der Waals surface area contributed by atoms with Gasteiger partial charge in [-0.3, -0.25) is 9.78 Å². The molecule has 1 aromatic heterocycles. The molecule has 0 aromatic carbocycles. The Morgan fingerprint density at radius 3 is 2.74 bits per heavy atom. The lowest BCUT2D eigenvalue weighted by atomic mass is 9.99. The molecule has 0 atom stereocenters. The van der Waals surface area contributed by atoms with E-state index in [1.54, 1.807) is 23.4 Å².